The molecule has 3 rings (SSSR count). The largest absolute Gasteiger partial charge is 0.506 e. The van der Waals surface area contributed by atoms with Gasteiger partial charge in [0.25, 0.3) is 11.6 Å². The van der Waals surface area contributed by atoms with Gasteiger partial charge in [-0.1, -0.05) is 30.3 Å². The van der Waals surface area contributed by atoms with Crippen LogP contribution in [-0.2, 0) is 11.4 Å². The fourth-order valence-corrected chi connectivity index (χ4v) is 3.72. The maximum absolute atomic E-state index is 12.6. The minimum Gasteiger partial charge on any atom is -0.506 e. The number of nitro benzene ring substituents is 1. The summed E-state index contributed by atoms with van der Waals surface area (Å²) in [4.78, 5) is 22.7. The standard InChI is InChI=1S/C24H18IN3O6/c1-33-22-11-16(10-19(25)23(22)34-14-15-5-3-2-4-6-15)9-17(13-26)24(30)27-20-8-7-18(28(31)32)12-21(20)29/h2-12,29H,14H2,1H3,(H,27,30)/b17-9+. The minimum absolute atomic E-state index is 0.0615. The predicted molar refractivity (Wildman–Crippen MR) is 133 cm³/mol. The number of aromatic hydroxyl groups is 1. The van der Waals surface area contributed by atoms with E-state index in [0.717, 1.165) is 17.7 Å². The number of anilines is 1. The molecule has 0 aliphatic carbocycles. The Labute approximate surface area is 208 Å². The number of non-ortho nitro benzene ring substituents is 1. The molecular formula is C24H18IN3O6. The first kappa shape index (κ1) is 24.5. The summed E-state index contributed by atoms with van der Waals surface area (Å²) in [5, 5.41) is 32.6. The number of benzene rings is 3. The molecule has 3 aromatic rings. The number of methoxy groups -OCH3 is 1. The number of amides is 1. The summed E-state index contributed by atoms with van der Waals surface area (Å²) in [7, 11) is 1.49. The van der Waals surface area contributed by atoms with Gasteiger partial charge in [-0.3, -0.25) is 14.9 Å². The Hall–Kier alpha value is -4.11. The first-order valence-corrected chi connectivity index (χ1v) is 10.8. The monoisotopic (exact) mass is 571 g/mol. The van der Waals surface area contributed by atoms with E-state index in [1.165, 1.54) is 19.3 Å². The summed E-state index contributed by atoms with van der Waals surface area (Å²) in [5.41, 5.74) is 0.875. The van der Waals surface area contributed by atoms with E-state index in [2.05, 4.69) is 27.9 Å². The highest BCUT2D eigenvalue weighted by Gasteiger charge is 2.16. The number of carbonyl (C=O) groups is 1. The summed E-state index contributed by atoms with van der Waals surface area (Å²) in [6, 6.07) is 18.1. The maximum Gasteiger partial charge on any atom is 0.273 e. The van der Waals surface area contributed by atoms with Crippen molar-refractivity contribution in [1.82, 2.24) is 0 Å². The lowest BCUT2D eigenvalue weighted by Crippen LogP contribution is -2.13. The number of hydrogen-bond donors (Lipinski definition) is 2. The van der Waals surface area contributed by atoms with Gasteiger partial charge in [0.2, 0.25) is 0 Å². The Morgan fingerprint density at radius 1 is 1.24 bits per heavy atom. The van der Waals surface area contributed by atoms with Crippen LogP contribution < -0.4 is 14.8 Å². The van der Waals surface area contributed by atoms with Crippen molar-refractivity contribution in [1.29, 1.82) is 5.26 Å². The molecule has 2 N–H and O–H groups in total. The first-order valence-electron chi connectivity index (χ1n) is 9.77. The molecule has 34 heavy (non-hydrogen) atoms. The molecule has 0 heterocycles. The molecule has 172 valence electrons. The zero-order valence-electron chi connectivity index (χ0n) is 17.8. The number of halogens is 1. The second-order valence-corrected chi connectivity index (χ2v) is 8.05. The highest BCUT2D eigenvalue weighted by molar-refractivity contribution is 14.1. The van der Waals surface area contributed by atoms with E-state index in [0.29, 0.717) is 27.2 Å². The van der Waals surface area contributed by atoms with Crippen molar-refractivity contribution in [2.45, 2.75) is 6.61 Å². The van der Waals surface area contributed by atoms with Crippen LogP contribution in [0, 0.1) is 25.0 Å². The van der Waals surface area contributed by atoms with Gasteiger partial charge in [0.15, 0.2) is 11.5 Å². The number of rotatable bonds is 8. The van der Waals surface area contributed by atoms with E-state index in [1.807, 2.05) is 36.4 Å². The van der Waals surface area contributed by atoms with Gasteiger partial charge in [0.05, 0.1) is 27.4 Å². The van der Waals surface area contributed by atoms with Crippen molar-refractivity contribution in [2.24, 2.45) is 0 Å². The number of nitro groups is 1. The SMILES string of the molecule is COc1cc(/C=C(\C#N)C(=O)Nc2ccc([N+](=O)[O-])cc2O)cc(I)c1OCc1ccccc1. The summed E-state index contributed by atoms with van der Waals surface area (Å²) >= 11 is 2.08. The summed E-state index contributed by atoms with van der Waals surface area (Å²) in [5.74, 6) is -0.316. The number of nitriles is 1. The number of carbonyl (C=O) groups excluding carboxylic acids is 1. The maximum atomic E-state index is 12.6. The van der Waals surface area contributed by atoms with Gasteiger partial charge in [-0.25, -0.2) is 0 Å². The van der Waals surface area contributed by atoms with Crippen molar-refractivity contribution in [2.75, 3.05) is 12.4 Å². The Bertz CT molecular complexity index is 1300. The van der Waals surface area contributed by atoms with Crippen LogP contribution in [0.15, 0.2) is 66.2 Å². The molecule has 10 heteroatoms. The zero-order chi connectivity index (χ0) is 24.7. The topological polar surface area (TPSA) is 135 Å². The molecular weight excluding hydrogens is 553 g/mol. The molecule has 0 atom stereocenters. The Balaban J connectivity index is 1.82. The van der Waals surface area contributed by atoms with Crippen molar-refractivity contribution >= 4 is 45.9 Å². The molecule has 9 nitrogen and oxygen atoms in total. The van der Waals surface area contributed by atoms with Gasteiger partial charge < -0.3 is 19.9 Å². The molecule has 1 amide bonds. The van der Waals surface area contributed by atoms with E-state index < -0.39 is 16.6 Å². The predicted octanol–water partition coefficient (Wildman–Crippen LogP) is 5.04. The summed E-state index contributed by atoms with van der Waals surface area (Å²) in [6.07, 6.45) is 1.36. The summed E-state index contributed by atoms with van der Waals surface area (Å²) < 4.78 is 12.1. The smallest absolute Gasteiger partial charge is 0.273 e. The fourth-order valence-electron chi connectivity index (χ4n) is 2.94. The van der Waals surface area contributed by atoms with E-state index in [1.54, 1.807) is 12.1 Å². The second kappa shape index (κ2) is 11.2. The lowest BCUT2D eigenvalue weighted by atomic mass is 10.1. The molecule has 0 aliphatic heterocycles. The van der Waals surface area contributed by atoms with Gasteiger partial charge in [-0.05, 0) is 58.0 Å². The van der Waals surface area contributed by atoms with Gasteiger partial charge in [0.1, 0.15) is 24.0 Å². The van der Waals surface area contributed by atoms with Crippen LogP contribution in [0.4, 0.5) is 11.4 Å². The van der Waals surface area contributed by atoms with Crippen LogP contribution >= 0.6 is 22.6 Å². The number of hydrogen-bond acceptors (Lipinski definition) is 7. The number of nitrogens with zero attached hydrogens (tertiary/aromatic N) is 2. The van der Waals surface area contributed by atoms with Gasteiger partial charge in [-0.15, -0.1) is 0 Å². The highest BCUT2D eigenvalue weighted by atomic mass is 127. The Morgan fingerprint density at radius 3 is 2.59 bits per heavy atom. The number of ether oxygens (including phenoxy) is 2. The molecule has 0 spiro atoms. The van der Waals surface area contributed by atoms with Crippen molar-refractivity contribution in [3.63, 3.8) is 0 Å². The third-order valence-electron chi connectivity index (χ3n) is 4.59. The Morgan fingerprint density at radius 2 is 1.97 bits per heavy atom. The van der Waals surface area contributed by atoms with Crippen LogP contribution in [0.1, 0.15) is 11.1 Å². The quantitative estimate of drug-likeness (QED) is 0.0967. The van der Waals surface area contributed by atoms with Gasteiger partial charge in [0, 0.05) is 6.07 Å². The average molecular weight is 571 g/mol. The molecule has 0 fully saturated rings. The number of phenolic OH excluding ortho intramolecular Hbond substituents is 1. The Kier molecular flexibility index (Phi) is 8.05. The average Bonchev–Trinajstić information content (AvgIpc) is 2.83. The lowest BCUT2D eigenvalue weighted by Gasteiger charge is -2.14. The molecule has 3 aromatic carbocycles. The molecule has 0 saturated heterocycles. The number of phenols is 1. The zero-order valence-corrected chi connectivity index (χ0v) is 20.0. The van der Waals surface area contributed by atoms with Gasteiger partial charge >= 0.3 is 0 Å². The lowest BCUT2D eigenvalue weighted by molar-refractivity contribution is -0.384. The third kappa shape index (κ3) is 6.02. The van der Waals surface area contributed by atoms with Crippen molar-refractivity contribution < 1.29 is 24.3 Å². The molecule has 0 saturated carbocycles. The van der Waals surface area contributed by atoms with Crippen molar-refractivity contribution in [3.8, 4) is 23.3 Å². The van der Waals surface area contributed by atoms with Crippen LogP contribution in [-0.4, -0.2) is 23.0 Å². The number of nitrogens with one attached hydrogen (secondary N) is 1. The summed E-state index contributed by atoms with van der Waals surface area (Å²) in [6.45, 7) is 0.340. The van der Waals surface area contributed by atoms with Crippen LogP contribution in [0.25, 0.3) is 6.08 Å². The van der Waals surface area contributed by atoms with E-state index in [4.69, 9.17) is 9.47 Å². The normalized spacial score (nSPS) is 10.8. The second-order valence-electron chi connectivity index (χ2n) is 6.89. The third-order valence-corrected chi connectivity index (χ3v) is 5.40. The van der Waals surface area contributed by atoms with Gasteiger partial charge in [-0.2, -0.15) is 5.26 Å². The highest BCUT2D eigenvalue weighted by Crippen LogP contribution is 2.35. The van der Waals surface area contributed by atoms with Crippen LogP contribution in [0.5, 0.6) is 17.2 Å². The molecule has 0 aliphatic rings. The van der Waals surface area contributed by atoms with E-state index in [9.17, 15) is 25.3 Å². The molecule has 0 unspecified atom stereocenters. The van der Waals surface area contributed by atoms with E-state index in [-0.39, 0.29) is 16.9 Å². The minimum atomic E-state index is -0.787. The van der Waals surface area contributed by atoms with Crippen LogP contribution in [0.2, 0.25) is 0 Å². The first-order chi connectivity index (χ1) is 16.3. The molecule has 0 aromatic heterocycles. The fraction of sp³-hybridized carbons (Fsp3) is 0.0833. The van der Waals surface area contributed by atoms with Crippen LogP contribution in [0.3, 0.4) is 0 Å². The van der Waals surface area contributed by atoms with Crippen molar-refractivity contribution in [3.05, 3.63) is 91.0 Å². The molecule has 0 bridgehead atoms. The molecule has 0 radical (unpaired) electrons. The van der Waals surface area contributed by atoms with E-state index >= 15 is 0 Å².